The molecule has 0 spiro atoms. The Labute approximate surface area is 101 Å². The molecule has 0 radical (unpaired) electrons. The van der Waals surface area contributed by atoms with E-state index in [9.17, 15) is 0 Å². The Morgan fingerprint density at radius 1 is 1.18 bits per heavy atom. The van der Waals surface area contributed by atoms with Gasteiger partial charge in [-0.1, -0.05) is 18.2 Å². The first-order valence-electron chi connectivity index (χ1n) is 5.99. The van der Waals surface area contributed by atoms with E-state index in [1.165, 1.54) is 17.7 Å². The van der Waals surface area contributed by atoms with Crippen LogP contribution in [0.4, 0.5) is 11.5 Å². The molecule has 0 N–H and O–H groups in total. The van der Waals surface area contributed by atoms with Crippen molar-refractivity contribution in [3.63, 3.8) is 0 Å². The molecule has 3 rings (SSSR count). The lowest BCUT2D eigenvalue weighted by atomic mass is 10.0. The molecule has 1 aromatic carbocycles. The van der Waals surface area contributed by atoms with Crippen molar-refractivity contribution in [3.05, 3.63) is 47.9 Å². The van der Waals surface area contributed by atoms with Gasteiger partial charge in [0.1, 0.15) is 12.1 Å². The van der Waals surface area contributed by atoms with Crippen LogP contribution in [0.2, 0.25) is 0 Å². The molecule has 2 heterocycles. The third-order valence-corrected chi connectivity index (χ3v) is 3.18. The van der Waals surface area contributed by atoms with E-state index in [2.05, 4.69) is 39.1 Å². The van der Waals surface area contributed by atoms with Crippen LogP contribution in [0.1, 0.15) is 17.7 Å². The molecule has 3 nitrogen and oxygen atoms in total. The Morgan fingerprint density at radius 2 is 2.06 bits per heavy atom. The molecule has 2 aromatic rings. The third kappa shape index (κ3) is 1.88. The van der Waals surface area contributed by atoms with E-state index in [1.807, 2.05) is 13.0 Å². The molecule has 0 saturated heterocycles. The first-order valence-corrected chi connectivity index (χ1v) is 5.99. The van der Waals surface area contributed by atoms with Gasteiger partial charge >= 0.3 is 0 Å². The highest BCUT2D eigenvalue weighted by Crippen LogP contribution is 2.31. The minimum absolute atomic E-state index is 1.00. The fraction of sp³-hybridized carbons (Fsp3) is 0.286. The van der Waals surface area contributed by atoms with E-state index in [4.69, 9.17) is 0 Å². The highest BCUT2D eigenvalue weighted by atomic mass is 15.2. The largest absolute Gasteiger partial charge is 0.326 e. The van der Waals surface area contributed by atoms with Crippen LogP contribution in [-0.4, -0.2) is 16.5 Å². The van der Waals surface area contributed by atoms with Crippen LogP contribution in [0.3, 0.4) is 0 Å². The fourth-order valence-corrected chi connectivity index (χ4v) is 2.36. The summed E-state index contributed by atoms with van der Waals surface area (Å²) in [7, 11) is 0. The lowest BCUT2D eigenvalue weighted by Crippen LogP contribution is -2.25. The lowest BCUT2D eigenvalue weighted by Gasteiger charge is -2.30. The maximum absolute atomic E-state index is 4.38. The summed E-state index contributed by atoms with van der Waals surface area (Å²) in [6.07, 6.45) is 3.98. The van der Waals surface area contributed by atoms with Gasteiger partial charge in [-0.05, 0) is 31.4 Å². The SMILES string of the molecule is Cc1cc(N2CCCc3ccccc32)ncn1. The number of hydrogen-bond donors (Lipinski definition) is 0. The van der Waals surface area contributed by atoms with E-state index < -0.39 is 0 Å². The molecule has 0 fully saturated rings. The Hall–Kier alpha value is -1.90. The minimum Gasteiger partial charge on any atom is -0.326 e. The standard InChI is InChI=1S/C14H15N3/c1-11-9-14(16-10-15-11)17-8-4-6-12-5-2-3-7-13(12)17/h2-3,5,7,9-10H,4,6,8H2,1H3. The predicted octanol–water partition coefficient (Wildman–Crippen LogP) is 2.87. The van der Waals surface area contributed by atoms with Gasteiger partial charge in [-0.2, -0.15) is 0 Å². The molecule has 0 amide bonds. The number of fused-ring (bicyclic) bond motifs is 1. The zero-order valence-corrected chi connectivity index (χ0v) is 9.93. The van der Waals surface area contributed by atoms with Crippen molar-refractivity contribution < 1.29 is 0 Å². The number of anilines is 2. The van der Waals surface area contributed by atoms with Crippen molar-refractivity contribution in [2.45, 2.75) is 19.8 Å². The molecule has 1 aliphatic rings. The van der Waals surface area contributed by atoms with Crippen LogP contribution in [0, 0.1) is 6.92 Å². The van der Waals surface area contributed by atoms with Gasteiger partial charge < -0.3 is 4.90 Å². The number of aryl methyl sites for hydroxylation is 2. The van der Waals surface area contributed by atoms with Crippen molar-refractivity contribution in [1.82, 2.24) is 9.97 Å². The van der Waals surface area contributed by atoms with Crippen LogP contribution in [0.5, 0.6) is 0 Å². The van der Waals surface area contributed by atoms with Gasteiger partial charge in [0, 0.05) is 24.0 Å². The predicted molar refractivity (Wildman–Crippen MR) is 68.5 cm³/mol. The normalized spacial score (nSPS) is 14.5. The van der Waals surface area contributed by atoms with E-state index in [1.54, 1.807) is 6.33 Å². The average Bonchev–Trinajstić information content (AvgIpc) is 2.38. The van der Waals surface area contributed by atoms with Gasteiger partial charge in [-0.15, -0.1) is 0 Å². The number of para-hydroxylation sites is 1. The maximum Gasteiger partial charge on any atom is 0.136 e. The molecule has 0 atom stereocenters. The van der Waals surface area contributed by atoms with E-state index in [0.717, 1.165) is 24.5 Å². The minimum atomic E-state index is 1.00. The maximum atomic E-state index is 4.38. The zero-order chi connectivity index (χ0) is 11.7. The van der Waals surface area contributed by atoms with E-state index in [0.29, 0.717) is 0 Å². The van der Waals surface area contributed by atoms with Gasteiger partial charge in [0.25, 0.3) is 0 Å². The number of hydrogen-bond acceptors (Lipinski definition) is 3. The smallest absolute Gasteiger partial charge is 0.136 e. The summed E-state index contributed by atoms with van der Waals surface area (Å²) < 4.78 is 0. The Bertz CT molecular complexity index is 536. The van der Waals surface area contributed by atoms with Crippen LogP contribution in [-0.2, 0) is 6.42 Å². The summed E-state index contributed by atoms with van der Waals surface area (Å²) in [5.74, 6) is 1.00. The molecule has 1 aromatic heterocycles. The van der Waals surface area contributed by atoms with Crippen LogP contribution >= 0.6 is 0 Å². The second-order valence-corrected chi connectivity index (χ2v) is 4.40. The van der Waals surface area contributed by atoms with Gasteiger partial charge in [-0.3, -0.25) is 0 Å². The Morgan fingerprint density at radius 3 is 2.94 bits per heavy atom. The molecular weight excluding hydrogens is 210 g/mol. The van der Waals surface area contributed by atoms with Gasteiger partial charge in [-0.25, -0.2) is 9.97 Å². The average molecular weight is 225 g/mol. The van der Waals surface area contributed by atoms with Gasteiger partial charge in [0.2, 0.25) is 0 Å². The quantitative estimate of drug-likeness (QED) is 0.747. The van der Waals surface area contributed by atoms with E-state index >= 15 is 0 Å². The Kier molecular flexibility index (Phi) is 2.52. The first kappa shape index (κ1) is 10.3. The number of aromatic nitrogens is 2. The topological polar surface area (TPSA) is 29.0 Å². The fourth-order valence-electron chi connectivity index (χ4n) is 2.36. The molecule has 0 bridgehead atoms. The number of nitrogens with zero attached hydrogens (tertiary/aromatic N) is 3. The van der Waals surface area contributed by atoms with E-state index in [-0.39, 0.29) is 0 Å². The highest BCUT2D eigenvalue weighted by Gasteiger charge is 2.18. The summed E-state index contributed by atoms with van der Waals surface area (Å²) in [6, 6.07) is 10.6. The van der Waals surface area contributed by atoms with Crippen molar-refractivity contribution in [2.75, 3.05) is 11.4 Å². The van der Waals surface area contributed by atoms with Crippen molar-refractivity contribution in [2.24, 2.45) is 0 Å². The summed E-state index contributed by atoms with van der Waals surface area (Å²) in [4.78, 5) is 10.8. The summed E-state index contributed by atoms with van der Waals surface area (Å²) in [6.45, 7) is 3.04. The lowest BCUT2D eigenvalue weighted by molar-refractivity contribution is 0.757. The van der Waals surface area contributed by atoms with Gasteiger partial charge in [0.15, 0.2) is 0 Å². The Balaban J connectivity index is 2.06. The highest BCUT2D eigenvalue weighted by molar-refractivity contribution is 5.65. The molecular formula is C14H15N3. The van der Waals surface area contributed by atoms with Crippen LogP contribution < -0.4 is 4.90 Å². The molecule has 86 valence electrons. The van der Waals surface area contributed by atoms with Crippen LogP contribution in [0.15, 0.2) is 36.7 Å². The second-order valence-electron chi connectivity index (χ2n) is 4.40. The number of benzene rings is 1. The van der Waals surface area contributed by atoms with Crippen LogP contribution in [0.25, 0.3) is 0 Å². The summed E-state index contributed by atoms with van der Waals surface area (Å²) >= 11 is 0. The number of rotatable bonds is 1. The van der Waals surface area contributed by atoms with Crippen molar-refractivity contribution in [1.29, 1.82) is 0 Å². The third-order valence-electron chi connectivity index (χ3n) is 3.18. The summed E-state index contributed by atoms with van der Waals surface area (Å²) in [5.41, 5.74) is 3.71. The zero-order valence-electron chi connectivity index (χ0n) is 9.93. The van der Waals surface area contributed by atoms with Crippen molar-refractivity contribution >= 4 is 11.5 Å². The second kappa shape index (κ2) is 4.17. The van der Waals surface area contributed by atoms with Gasteiger partial charge in [0.05, 0.1) is 0 Å². The van der Waals surface area contributed by atoms with Crippen molar-refractivity contribution in [3.8, 4) is 0 Å². The first-order chi connectivity index (χ1) is 8.34. The molecule has 0 unspecified atom stereocenters. The molecule has 17 heavy (non-hydrogen) atoms. The monoisotopic (exact) mass is 225 g/mol. The molecule has 0 aliphatic carbocycles. The summed E-state index contributed by atoms with van der Waals surface area (Å²) in [5, 5.41) is 0. The molecule has 1 aliphatic heterocycles. The molecule has 0 saturated carbocycles. The molecule has 3 heteroatoms.